The van der Waals surface area contributed by atoms with Crippen LogP contribution in [-0.4, -0.2) is 19.3 Å². The molecule has 0 bridgehead atoms. The molecule has 1 fully saturated rings. The van der Waals surface area contributed by atoms with Crippen LogP contribution in [0.2, 0.25) is 0 Å². The number of benzene rings is 2. The molecule has 0 atom stereocenters. The van der Waals surface area contributed by atoms with E-state index in [0.29, 0.717) is 18.1 Å². The minimum absolute atomic E-state index is 0.0145. The summed E-state index contributed by atoms with van der Waals surface area (Å²) >= 11 is 0. The fourth-order valence-corrected chi connectivity index (χ4v) is 3.72. The number of rotatable bonds is 5. The van der Waals surface area contributed by atoms with Crippen LogP contribution < -0.4 is 4.74 Å². The molecule has 1 aliphatic carbocycles. The van der Waals surface area contributed by atoms with Crippen molar-refractivity contribution in [1.82, 2.24) is 0 Å². The van der Waals surface area contributed by atoms with Gasteiger partial charge in [0.2, 0.25) is 5.82 Å². The van der Waals surface area contributed by atoms with Crippen LogP contribution in [0.15, 0.2) is 36.4 Å². The quantitative estimate of drug-likeness (QED) is 0.642. The molecular weight excluding hydrogens is 334 g/mol. The van der Waals surface area contributed by atoms with Crippen LogP contribution in [0.25, 0.3) is 11.1 Å². The van der Waals surface area contributed by atoms with Crippen LogP contribution in [0.3, 0.4) is 0 Å². The standard InChI is InChI=1S/C22H26F2O2/c1-4-26-19-10-9-18(20(23)21(19)24)17-7-5-15(6-8-17)16-11-13-22(2,25-3)14-12-16/h5-10,16H,4,11-14H2,1-3H3. The van der Waals surface area contributed by atoms with E-state index in [1.165, 1.54) is 11.6 Å². The second-order valence-corrected chi connectivity index (χ2v) is 7.22. The molecule has 0 aliphatic heterocycles. The zero-order valence-electron chi connectivity index (χ0n) is 15.6. The van der Waals surface area contributed by atoms with Gasteiger partial charge >= 0.3 is 0 Å². The van der Waals surface area contributed by atoms with E-state index < -0.39 is 11.6 Å². The first-order valence-corrected chi connectivity index (χ1v) is 9.23. The predicted molar refractivity (Wildman–Crippen MR) is 99.6 cm³/mol. The number of hydrogen-bond donors (Lipinski definition) is 0. The Morgan fingerprint density at radius 2 is 1.65 bits per heavy atom. The number of halogens is 2. The van der Waals surface area contributed by atoms with Gasteiger partial charge in [-0.1, -0.05) is 24.3 Å². The monoisotopic (exact) mass is 360 g/mol. The first kappa shape index (κ1) is 18.8. The van der Waals surface area contributed by atoms with Gasteiger partial charge in [0, 0.05) is 12.7 Å². The largest absolute Gasteiger partial charge is 0.491 e. The van der Waals surface area contributed by atoms with Gasteiger partial charge in [-0.3, -0.25) is 0 Å². The number of methoxy groups -OCH3 is 1. The molecule has 0 unspecified atom stereocenters. The summed E-state index contributed by atoms with van der Waals surface area (Å²) in [6.45, 7) is 4.20. The lowest BCUT2D eigenvalue weighted by molar-refractivity contribution is -0.0271. The van der Waals surface area contributed by atoms with E-state index in [9.17, 15) is 8.78 Å². The van der Waals surface area contributed by atoms with Crippen molar-refractivity contribution in [2.75, 3.05) is 13.7 Å². The molecule has 140 valence electrons. The van der Waals surface area contributed by atoms with Crippen molar-refractivity contribution in [3.8, 4) is 16.9 Å². The Morgan fingerprint density at radius 1 is 1.00 bits per heavy atom. The van der Waals surface area contributed by atoms with E-state index in [-0.39, 0.29) is 16.9 Å². The average Bonchev–Trinajstić information content (AvgIpc) is 2.67. The van der Waals surface area contributed by atoms with Crippen molar-refractivity contribution in [2.45, 2.75) is 51.0 Å². The summed E-state index contributed by atoms with van der Waals surface area (Å²) in [6, 6.07) is 10.9. The summed E-state index contributed by atoms with van der Waals surface area (Å²) in [5.41, 5.74) is 2.16. The highest BCUT2D eigenvalue weighted by Gasteiger charge is 2.31. The van der Waals surface area contributed by atoms with E-state index >= 15 is 0 Å². The Kier molecular flexibility index (Phi) is 5.61. The Morgan fingerprint density at radius 3 is 2.23 bits per heavy atom. The first-order chi connectivity index (χ1) is 12.5. The van der Waals surface area contributed by atoms with E-state index in [1.807, 2.05) is 24.3 Å². The van der Waals surface area contributed by atoms with Crippen molar-refractivity contribution >= 4 is 0 Å². The lowest BCUT2D eigenvalue weighted by Crippen LogP contribution is -2.32. The van der Waals surface area contributed by atoms with Crippen molar-refractivity contribution in [2.24, 2.45) is 0 Å². The van der Waals surface area contributed by atoms with E-state index in [2.05, 4.69) is 6.92 Å². The number of hydrogen-bond acceptors (Lipinski definition) is 2. The zero-order chi connectivity index (χ0) is 18.7. The average molecular weight is 360 g/mol. The molecule has 0 aromatic heterocycles. The third-order valence-corrected chi connectivity index (χ3v) is 5.58. The van der Waals surface area contributed by atoms with Gasteiger partial charge in [-0.2, -0.15) is 4.39 Å². The smallest absolute Gasteiger partial charge is 0.201 e. The maximum atomic E-state index is 14.4. The summed E-state index contributed by atoms with van der Waals surface area (Å²) in [5, 5.41) is 0. The van der Waals surface area contributed by atoms with Crippen LogP contribution in [0.5, 0.6) is 5.75 Å². The molecule has 2 aromatic rings. The minimum atomic E-state index is -0.931. The lowest BCUT2D eigenvalue weighted by Gasteiger charge is -2.36. The normalized spacial score (nSPS) is 23.0. The molecule has 2 nitrogen and oxygen atoms in total. The molecule has 0 heterocycles. The van der Waals surface area contributed by atoms with Gasteiger partial charge in [-0.25, -0.2) is 4.39 Å². The third-order valence-electron chi connectivity index (χ3n) is 5.58. The zero-order valence-corrected chi connectivity index (χ0v) is 15.6. The summed E-state index contributed by atoms with van der Waals surface area (Å²) in [4.78, 5) is 0. The molecular formula is C22H26F2O2. The highest BCUT2D eigenvalue weighted by atomic mass is 19.2. The van der Waals surface area contributed by atoms with Gasteiger partial charge in [0.15, 0.2) is 11.6 Å². The second kappa shape index (κ2) is 7.75. The van der Waals surface area contributed by atoms with Gasteiger partial charge in [0.1, 0.15) is 0 Å². The molecule has 2 aromatic carbocycles. The second-order valence-electron chi connectivity index (χ2n) is 7.22. The van der Waals surface area contributed by atoms with Gasteiger partial charge in [0.25, 0.3) is 0 Å². The molecule has 0 radical (unpaired) electrons. The van der Waals surface area contributed by atoms with E-state index in [1.54, 1.807) is 20.1 Å². The van der Waals surface area contributed by atoms with Crippen LogP contribution in [0.4, 0.5) is 8.78 Å². The van der Waals surface area contributed by atoms with E-state index in [4.69, 9.17) is 9.47 Å². The van der Waals surface area contributed by atoms with E-state index in [0.717, 1.165) is 25.7 Å². The third kappa shape index (κ3) is 3.75. The van der Waals surface area contributed by atoms with Crippen molar-refractivity contribution < 1.29 is 18.3 Å². The molecule has 0 N–H and O–H groups in total. The highest BCUT2D eigenvalue weighted by molar-refractivity contribution is 5.65. The Hall–Kier alpha value is -1.94. The fraction of sp³-hybridized carbons (Fsp3) is 0.455. The maximum absolute atomic E-state index is 14.4. The van der Waals surface area contributed by atoms with Crippen LogP contribution in [0.1, 0.15) is 51.0 Å². The molecule has 0 saturated heterocycles. The van der Waals surface area contributed by atoms with Gasteiger partial charge in [-0.05, 0) is 68.7 Å². The fourth-order valence-electron chi connectivity index (χ4n) is 3.72. The minimum Gasteiger partial charge on any atom is -0.491 e. The SMILES string of the molecule is CCOc1ccc(-c2ccc(C3CCC(C)(OC)CC3)cc2)c(F)c1F. The molecule has 4 heteroatoms. The Labute approximate surface area is 154 Å². The van der Waals surface area contributed by atoms with Gasteiger partial charge in [-0.15, -0.1) is 0 Å². The summed E-state index contributed by atoms with van der Waals surface area (Å²) < 4.78 is 39.2. The molecule has 0 spiro atoms. The van der Waals surface area contributed by atoms with Crippen molar-refractivity contribution in [3.05, 3.63) is 53.6 Å². The highest BCUT2D eigenvalue weighted by Crippen LogP contribution is 2.40. The van der Waals surface area contributed by atoms with Crippen molar-refractivity contribution in [3.63, 3.8) is 0 Å². The predicted octanol–water partition coefficient (Wildman–Crippen LogP) is 6.09. The summed E-state index contributed by atoms with van der Waals surface area (Å²) in [6.07, 6.45) is 4.23. The molecule has 0 amide bonds. The van der Waals surface area contributed by atoms with Gasteiger partial charge < -0.3 is 9.47 Å². The molecule has 3 rings (SSSR count). The summed E-state index contributed by atoms with van der Waals surface area (Å²) in [5.74, 6) is -1.35. The van der Waals surface area contributed by atoms with Gasteiger partial charge in [0.05, 0.1) is 12.2 Å². The van der Waals surface area contributed by atoms with Crippen LogP contribution >= 0.6 is 0 Å². The molecule has 1 aliphatic rings. The van der Waals surface area contributed by atoms with Crippen molar-refractivity contribution in [1.29, 1.82) is 0 Å². The number of ether oxygens (including phenoxy) is 2. The summed E-state index contributed by atoms with van der Waals surface area (Å²) in [7, 11) is 1.78. The Bertz CT molecular complexity index is 747. The molecule has 26 heavy (non-hydrogen) atoms. The van der Waals surface area contributed by atoms with Crippen LogP contribution in [0, 0.1) is 11.6 Å². The topological polar surface area (TPSA) is 18.5 Å². The maximum Gasteiger partial charge on any atom is 0.201 e. The first-order valence-electron chi connectivity index (χ1n) is 9.23. The Balaban J connectivity index is 1.77. The van der Waals surface area contributed by atoms with Crippen LogP contribution in [-0.2, 0) is 4.74 Å². The lowest BCUT2D eigenvalue weighted by atomic mass is 9.76. The molecule has 1 saturated carbocycles.